The van der Waals surface area contributed by atoms with Crippen molar-refractivity contribution in [3.05, 3.63) is 29.8 Å². The van der Waals surface area contributed by atoms with Gasteiger partial charge in [0, 0.05) is 5.92 Å². The van der Waals surface area contributed by atoms with Gasteiger partial charge in [-0.2, -0.15) is 0 Å². The lowest BCUT2D eigenvalue weighted by molar-refractivity contribution is -0.181. The van der Waals surface area contributed by atoms with E-state index < -0.39 is 41.7 Å². The Bertz CT molecular complexity index is 522. The monoisotopic (exact) mass is 316 g/mol. The van der Waals surface area contributed by atoms with Gasteiger partial charge in [0.1, 0.15) is 0 Å². The molecular weight excluding hydrogens is 298 g/mol. The third-order valence-electron chi connectivity index (χ3n) is 2.56. The van der Waals surface area contributed by atoms with E-state index in [0.717, 1.165) is 18.2 Å². The van der Waals surface area contributed by atoms with Crippen molar-refractivity contribution in [2.75, 3.05) is 0 Å². The molecule has 5 nitrogen and oxygen atoms in total. The Kier molecular flexibility index (Phi) is 6.27. The Morgan fingerprint density at radius 1 is 1.00 bits per heavy atom. The molecule has 0 aliphatic heterocycles. The number of carbonyl (C=O) groups excluding carboxylic acids is 2. The lowest BCUT2D eigenvalue weighted by Gasteiger charge is -2.21. The van der Waals surface area contributed by atoms with E-state index in [1.807, 2.05) is 0 Å². The molecule has 0 spiro atoms. The van der Waals surface area contributed by atoms with Crippen LogP contribution in [-0.2, 0) is 14.3 Å². The fraction of sp³-hybridized carbons (Fsp3) is 0.467. The fourth-order valence-corrected chi connectivity index (χ4v) is 1.33. The highest BCUT2D eigenvalue weighted by Crippen LogP contribution is 2.22. The Morgan fingerprint density at radius 2 is 1.55 bits per heavy atom. The molecule has 1 aromatic carbocycles. The van der Waals surface area contributed by atoms with Gasteiger partial charge in [-0.3, -0.25) is 4.79 Å². The summed E-state index contributed by atoms with van der Waals surface area (Å²) in [6.45, 7) is 6.53. The molecular formula is C15H18F2O5. The van der Waals surface area contributed by atoms with Gasteiger partial charge in [-0.15, -0.1) is 0 Å². The van der Waals surface area contributed by atoms with Crippen LogP contribution in [0.15, 0.2) is 18.2 Å². The van der Waals surface area contributed by atoms with E-state index in [4.69, 9.17) is 9.47 Å². The average molecular weight is 316 g/mol. The highest BCUT2D eigenvalue weighted by molar-refractivity contribution is 5.72. The third-order valence-corrected chi connectivity index (χ3v) is 2.56. The van der Waals surface area contributed by atoms with Crippen LogP contribution in [0.3, 0.4) is 0 Å². The zero-order valence-corrected chi connectivity index (χ0v) is 12.8. The smallest absolute Gasteiger partial charge is 0.425 e. The standard InChI is InChI=1S/C15H18F2O5/c1-8(2)13(18)21-14(9(3)4)22-15(19)20-12-10(16)6-5-7-11(12)17/h5-9,14H,1-4H3/t14-/m0/s1. The molecule has 0 aliphatic rings. The maximum Gasteiger partial charge on any atom is 0.517 e. The van der Waals surface area contributed by atoms with Crippen LogP contribution in [0.25, 0.3) is 0 Å². The number of benzene rings is 1. The summed E-state index contributed by atoms with van der Waals surface area (Å²) in [5.74, 6) is -4.30. The first-order chi connectivity index (χ1) is 10.2. The van der Waals surface area contributed by atoms with E-state index in [1.54, 1.807) is 27.7 Å². The number of carbonyl (C=O) groups is 2. The van der Waals surface area contributed by atoms with Crippen LogP contribution in [0.4, 0.5) is 13.6 Å². The van der Waals surface area contributed by atoms with Crippen LogP contribution >= 0.6 is 0 Å². The van der Waals surface area contributed by atoms with Gasteiger partial charge in [0.15, 0.2) is 11.6 Å². The average Bonchev–Trinajstić information content (AvgIpc) is 2.42. The minimum Gasteiger partial charge on any atom is -0.425 e. The first-order valence-electron chi connectivity index (χ1n) is 6.75. The Labute approximate surface area is 127 Å². The summed E-state index contributed by atoms with van der Waals surface area (Å²) < 4.78 is 41.0. The van der Waals surface area contributed by atoms with Gasteiger partial charge in [0.05, 0.1) is 5.92 Å². The third kappa shape index (κ3) is 4.98. The van der Waals surface area contributed by atoms with Crippen molar-refractivity contribution in [2.24, 2.45) is 11.8 Å². The topological polar surface area (TPSA) is 61.8 Å². The number of esters is 1. The van der Waals surface area contributed by atoms with Crippen LogP contribution < -0.4 is 4.74 Å². The molecule has 0 heterocycles. The number of hydrogen-bond acceptors (Lipinski definition) is 5. The predicted octanol–water partition coefficient (Wildman–Crippen LogP) is 3.66. The van der Waals surface area contributed by atoms with Crippen molar-refractivity contribution < 1.29 is 32.6 Å². The SMILES string of the molecule is CC(C)C(=O)O[C@@H](OC(=O)Oc1c(F)cccc1F)C(C)C. The highest BCUT2D eigenvalue weighted by atomic mass is 19.1. The number of rotatable bonds is 5. The summed E-state index contributed by atoms with van der Waals surface area (Å²) in [6.07, 6.45) is -2.57. The van der Waals surface area contributed by atoms with Gasteiger partial charge >= 0.3 is 12.1 Å². The molecule has 22 heavy (non-hydrogen) atoms. The molecule has 1 atom stereocenters. The van der Waals surface area contributed by atoms with Gasteiger partial charge in [0.2, 0.25) is 5.75 Å². The van der Waals surface area contributed by atoms with Gasteiger partial charge in [0.25, 0.3) is 6.29 Å². The molecule has 0 aromatic heterocycles. The maximum atomic E-state index is 13.4. The van der Waals surface area contributed by atoms with Crippen LogP contribution in [0.1, 0.15) is 27.7 Å². The molecule has 1 rings (SSSR count). The predicted molar refractivity (Wildman–Crippen MR) is 73.0 cm³/mol. The minimum absolute atomic E-state index is 0.360. The number of hydrogen-bond donors (Lipinski definition) is 0. The second-order valence-electron chi connectivity index (χ2n) is 5.22. The van der Waals surface area contributed by atoms with E-state index in [0.29, 0.717) is 0 Å². The molecule has 0 N–H and O–H groups in total. The number of halogens is 2. The molecule has 0 aliphatic carbocycles. The summed E-state index contributed by atoms with van der Waals surface area (Å²) in [5.41, 5.74) is 0. The van der Waals surface area contributed by atoms with E-state index in [-0.39, 0.29) is 5.92 Å². The summed E-state index contributed by atoms with van der Waals surface area (Å²) in [4.78, 5) is 23.1. The molecule has 0 radical (unpaired) electrons. The van der Waals surface area contributed by atoms with Crippen LogP contribution in [0, 0.1) is 23.5 Å². The van der Waals surface area contributed by atoms with Gasteiger partial charge in [-0.1, -0.05) is 33.8 Å². The molecule has 0 fully saturated rings. The summed E-state index contributed by atoms with van der Waals surface area (Å²) >= 11 is 0. The molecule has 0 amide bonds. The number of para-hydroxylation sites is 1. The molecule has 1 aromatic rings. The van der Waals surface area contributed by atoms with E-state index in [1.165, 1.54) is 0 Å². The molecule has 122 valence electrons. The first kappa shape index (κ1) is 17.9. The number of ether oxygens (including phenoxy) is 3. The fourth-order valence-electron chi connectivity index (χ4n) is 1.33. The minimum atomic E-state index is -1.36. The lowest BCUT2D eigenvalue weighted by atomic mass is 10.2. The first-order valence-corrected chi connectivity index (χ1v) is 6.75. The zero-order valence-electron chi connectivity index (χ0n) is 12.8. The van der Waals surface area contributed by atoms with Crippen molar-refractivity contribution in [1.82, 2.24) is 0 Å². The summed E-state index contributed by atoms with van der Waals surface area (Å²) in [6, 6.07) is 3.00. The second-order valence-corrected chi connectivity index (χ2v) is 5.22. The lowest BCUT2D eigenvalue weighted by Crippen LogP contribution is -2.32. The van der Waals surface area contributed by atoms with Crippen LogP contribution in [0.2, 0.25) is 0 Å². The van der Waals surface area contributed by atoms with Gasteiger partial charge in [-0.25, -0.2) is 13.6 Å². The van der Waals surface area contributed by atoms with Crippen molar-refractivity contribution in [1.29, 1.82) is 0 Å². The van der Waals surface area contributed by atoms with E-state index >= 15 is 0 Å². The van der Waals surface area contributed by atoms with E-state index in [9.17, 15) is 18.4 Å². The summed E-state index contributed by atoms with van der Waals surface area (Å²) in [7, 11) is 0. The molecule has 0 saturated carbocycles. The quantitative estimate of drug-likeness (QED) is 0.471. The molecule has 7 heteroatoms. The van der Waals surface area contributed by atoms with Crippen molar-refractivity contribution in [3.8, 4) is 5.75 Å². The molecule has 0 bridgehead atoms. The van der Waals surface area contributed by atoms with Crippen LogP contribution in [0.5, 0.6) is 5.75 Å². The van der Waals surface area contributed by atoms with Crippen molar-refractivity contribution in [2.45, 2.75) is 34.0 Å². The van der Waals surface area contributed by atoms with E-state index in [2.05, 4.69) is 4.74 Å². The highest BCUT2D eigenvalue weighted by Gasteiger charge is 2.26. The zero-order chi connectivity index (χ0) is 16.9. The second kappa shape index (κ2) is 7.72. The largest absolute Gasteiger partial charge is 0.517 e. The Morgan fingerprint density at radius 3 is 2.00 bits per heavy atom. The Hall–Kier alpha value is -2.18. The maximum absolute atomic E-state index is 13.4. The summed E-state index contributed by atoms with van der Waals surface area (Å²) in [5, 5.41) is 0. The molecule has 0 saturated heterocycles. The van der Waals surface area contributed by atoms with Gasteiger partial charge < -0.3 is 14.2 Å². The Balaban J connectivity index is 2.74. The van der Waals surface area contributed by atoms with Gasteiger partial charge in [-0.05, 0) is 12.1 Å². The van der Waals surface area contributed by atoms with Crippen molar-refractivity contribution >= 4 is 12.1 Å². The molecule has 0 unspecified atom stereocenters. The van der Waals surface area contributed by atoms with Crippen LogP contribution in [-0.4, -0.2) is 18.4 Å². The normalized spacial score (nSPS) is 12.2. The van der Waals surface area contributed by atoms with Crippen molar-refractivity contribution in [3.63, 3.8) is 0 Å².